The summed E-state index contributed by atoms with van der Waals surface area (Å²) in [6.07, 6.45) is -0.899. The predicted octanol–water partition coefficient (Wildman–Crippen LogP) is 3.84. The summed E-state index contributed by atoms with van der Waals surface area (Å²) in [6, 6.07) is 10.3. The highest BCUT2D eigenvalue weighted by atomic mass is 16.4. The zero-order valence-electron chi connectivity index (χ0n) is 17.1. The number of phenols is 1. The lowest BCUT2D eigenvalue weighted by Crippen LogP contribution is -2.33. The molecule has 0 spiro atoms. The molecule has 1 aliphatic rings. The number of rotatable bonds is 3. The molecule has 3 aromatic rings. The Morgan fingerprint density at radius 2 is 1.63 bits per heavy atom. The van der Waals surface area contributed by atoms with Gasteiger partial charge in [0.15, 0.2) is 22.9 Å². The molecule has 0 saturated carbocycles. The van der Waals surface area contributed by atoms with Crippen molar-refractivity contribution in [3.05, 3.63) is 63.5 Å². The van der Waals surface area contributed by atoms with Crippen molar-refractivity contribution < 1.29 is 24.2 Å². The molecule has 154 valence electrons. The summed E-state index contributed by atoms with van der Waals surface area (Å²) in [5.74, 6) is -2.41. The molecular weight excluding hydrogens is 384 g/mol. The lowest BCUT2D eigenvalue weighted by molar-refractivity contribution is 0.0849. The molecule has 0 fully saturated rings. The molecule has 0 aliphatic heterocycles. The normalized spacial score (nSPS) is 17.4. The van der Waals surface area contributed by atoms with Gasteiger partial charge in [0.2, 0.25) is 0 Å². The van der Waals surface area contributed by atoms with Crippen LogP contribution in [0.25, 0.3) is 22.1 Å². The number of phenolic OH excluding ortho intramolecular Hbond substituents is 1. The van der Waals surface area contributed by atoms with E-state index in [4.69, 9.17) is 4.42 Å². The van der Waals surface area contributed by atoms with Crippen LogP contribution in [0.3, 0.4) is 0 Å². The molecule has 6 heteroatoms. The molecule has 0 radical (unpaired) electrons. The molecule has 0 amide bonds. The Hall–Kier alpha value is -3.25. The molecule has 0 saturated heterocycles. The van der Waals surface area contributed by atoms with Crippen molar-refractivity contribution in [2.75, 3.05) is 0 Å². The highest BCUT2D eigenvalue weighted by Gasteiger charge is 2.46. The van der Waals surface area contributed by atoms with Crippen LogP contribution < -0.4 is 5.63 Å². The lowest BCUT2D eigenvalue weighted by atomic mass is 9.73. The molecular formula is C24H22O6. The fourth-order valence-corrected chi connectivity index (χ4v) is 4.13. The summed E-state index contributed by atoms with van der Waals surface area (Å²) in [4.78, 5) is 38.3. The first kappa shape index (κ1) is 20.0. The van der Waals surface area contributed by atoms with Gasteiger partial charge >= 0.3 is 5.63 Å². The number of Topliss-reactive ketones (excluding diaryl/α,β-unsaturated/α-hetero) is 2. The number of carbonyl (C=O) groups excluding carboxylic acids is 2. The van der Waals surface area contributed by atoms with E-state index in [0.29, 0.717) is 22.1 Å². The van der Waals surface area contributed by atoms with Crippen LogP contribution in [0.2, 0.25) is 0 Å². The van der Waals surface area contributed by atoms with Gasteiger partial charge in [-0.3, -0.25) is 9.59 Å². The van der Waals surface area contributed by atoms with Crippen LogP contribution in [0.1, 0.15) is 54.0 Å². The van der Waals surface area contributed by atoms with Crippen LogP contribution in [-0.2, 0) is 5.41 Å². The summed E-state index contributed by atoms with van der Waals surface area (Å²) >= 11 is 0. The number of aromatic hydroxyl groups is 1. The second-order valence-electron chi connectivity index (χ2n) is 8.37. The maximum absolute atomic E-state index is 13.1. The molecule has 2 atom stereocenters. The number of carbonyl (C=O) groups is 2. The molecule has 0 bridgehead atoms. The van der Waals surface area contributed by atoms with E-state index in [2.05, 4.69) is 0 Å². The third-order valence-corrected chi connectivity index (χ3v) is 6.22. The first-order valence-electron chi connectivity index (χ1n) is 9.76. The van der Waals surface area contributed by atoms with Gasteiger partial charge in [-0.2, -0.15) is 0 Å². The van der Waals surface area contributed by atoms with Crippen LogP contribution in [0.4, 0.5) is 0 Å². The van der Waals surface area contributed by atoms with E-state index in [1.807, 2.05) is 6.07 Å². The van der Waals surface area contributed by atoms with Gasteiger partial charge in [0.05, 0.1) is 17.6 Å². The molecule has 1 heterocycles. The van der Waals surface area contributed by atoms with Crippen molar-refractivity contribution in [3.8, 4) is 16.9 Å². The average molecular weight is 406 g/mol. The van der Waals surface area contributed by atoms with Crippen LogP contribution in [0, 0.1) is 5.92 Å². The minimum absolute atomic E-state index is 0.0921. The van der Waals surface area contributed by atoms with Crippen LogP contribution in [0.5, 0.6) is 5.75 Å². The lowest BCUT2D eigenvalue weighted by Gasteiger charge is -2.32. The Morgan fingerprint density at radius 3 is 2.23 bits per heavy atom. The molecule has 6 nitrogen and oxygen atoms in total. The van der Waals surface area contributed by atoms with Crippen molar-refractivity contribution in [1.29, 1.82) is 0 Å². The minimum atomic E-state index is -0.987. The van der Waals surface area contributed by atoms with E-state index in [1.165, 1.54) is 13.0 Å². The standard InChI is InChI=1S/C24H22O6/c1-11-20(27)17-18(21(11)28)22(29)23-16(19(17)24(3,4)12(2)25)14(10-15(26)30-23)13-8-6-5-7-9-13/h5-12,25,29H,1-4H3/t11-,12+/m1/s1. The zero-order valence-corrected chi connectivity index (χ0v) is 17.1. The molecule has 1 aliphatic carbocycles. The van der Waals surface area contributed by atoms with E-state index >= 15 is 0 Å². The van der Waals surface area contributed by atoms with Gasteiger partial charge < -0.3 is 14.6 Å². The van der Waals surface area contributed by atoms with Gasteiger partial charge in [0.25, 0.3) is 0 Å². The Labute approximate surface area is 172 Å². The smallest absolute Gasteiger partial charge is 0.336 e. The Morgan fingerprint density at radius 1 is 1.03 bits per heavy atom. The summed E-state index contributed by atoms with van der Waals surface area (Å²) < 4.78 is 5.36. The van der Waals surface area contributed by atoms with E-state index in [1.54, 1.807) is 45.0 Å². The van der Waals surface area contributed by atoms with Crippen LogP contribution in [0.15, 0.2) is 45.6 Å². The fraction of sp³-hybridized carbons (Fsp3) is 0.292. The summed E-state index contributed by atoms with van der Waals surface area (Å²) in [5, 5.41) is 21.9. The first-order valence-corrected chi connectivity index (χ1v) is 9.76. The number of ketones is 2. The molecule has 1 aromatic heterocycles. The highest BCUT2D eigenvalue weighted by Crippen LogP contribution is 2.48. The Kier molecular flexibility index (Phi) is 4.43. The number of fused-ring (bicyclic) bond motifs is 2. The predicted molar refractivity (Wildman–Crippen MR) is 112 cm³/mol. The maximum atomic E-state index is 13.1. The second-order valence-corrected chi connectivity index (χ2v) is 8.37. The van der Waals surface area contributed by atoms with Crippen molar-refractivity contribution in [1.82, 2.24) is 0 Å². The van der Waals surface area contributed by atoms with Crippen molar-refractivity contribution >= 4 is 22.5 Å². The monoisotopic (exact) mass is 406 g/mol. The van der Waals surface area contributed by atoms with Gasteiger partial charge in [-0.1, -0.05) is 44.2 Å². The molecule has 2 N–H and O–H groups in total. The minimum Gasteiger partial charge on any atom is -0.504 e. The van der Waals surface area contributed by atoms with E-state index in [-0.39, 0.29) is 16.7 Å². The van der Waals surface area contributed by atoms with E-state index in [9.17, 15) is 24.6 Å². The number of aliphatic hydroxyl groups excluding tert-OH is 1. The maximum Gasteiger partial charge on any atom is 0.336 e. The van der Waals surface area contributed by atoms with Crippen molar-refractivity contribution in [2.24, 2.45) is 5.92 Å². The van der Waals surface area contributed by atoms with Gasteiger partial charge in [0.1, 0.15) is 0 Å². The van der Waals surface area contributed by atoms with Gasteiger partial charge in [0, 0.05) is 28.0 Å². The number of aliphatic hydroxyl groups is 1. The second kappa shape index (κ2) is 6.64. The number of hydrogen-bond acceptors (Lipinski definition) is 6. The largest absolute Gasteiger partial charge is 0.504 e. The highest BCUT2D eigenvalue weighted by molar-refractivity contribution is 6.30. The average Bonchev–Trinajstić information content (AvgIpc) is 2.93. The van der Waals surface area contributed by atoms with Crippen LogP contribution in [-0.4, -0.2) is 27.9 Å². The summed E-state index contributed by atoms with van der Waals surface area (Å²) in [7, 11) is 0. The Balaban J connectivity index is 2.32. The van der Waals surface area contributed by atoms with Crippen LogP contribution >= 0.6 is 0 Å². The third kappa shape index (κ3) is 2.64. The van der Waals surface area contributed by atoms with E-state index < -0.39 is 40.4 Å². The topological polar surface area (TPSA) is 105 Å². The van der Waals surface area contributed by atoms with Gasteiger partial charge in [-0.15, -0.1) is 0 Å². The molecule has 2 aromatic carbocycles. The number of hydrogen-bond donors (Lipinski definition) is 2. The Bertz CT molecular complexity index is 1260. The third-order valence-electron chi connectivity index (χ3n) is 6.22. The van der Waals surface area contributed by atoms with Gasteiger partial charge in [-0.05, 0) is 25.0 Å². The first-order chi connectivity index (χ1) is 14.1. The van der Waals surface area contributed by atoms with E-state index in [0.717, 1.165) is 0 Å². The quantitative estimate of drug-likeness (QED) is 0.506. The van der Waals surface area contributed by atoms with Crippen molar-refractivity contribution in [3.63, 3.8) is 0 Å². The van der Waals surface area contributed by atoms with Gasteiger partial charge in [-0.25, -0.2) is 4.79 Å². The molecule has 30 heavy (non-hydrogen) atoms. The SMILES string of the molecule is C[C@H]1C(=O)c2c(c(C(C)(C)[C@H](C)O)c3c(-c4ccccc4)cc(=O)oc3c2O)C1=O. The molecule has 0 unspecified atom stereocenters. The zero-order chi connectivity index (χ0) is 22.0. The summed E-state index contributed by atoms with van der Waals surface area (Å²) in [5.41, 5.74) is -0.344. The fourth-order valence-electron chi connectivity index (χ4n) is 4.13. The summed E-state index contributed by atoms with van der Waals surface area (Å²) in [6.45, 7) is 6.59. The molecule has 4 rings (SSSR count). The van der Waals surface area contributed by atoms with Crippen molar-refractivity contribution in [2.45, 2.75) is 39.2 Å². The number of benzene rings is 2.